The van der Waals surface area contributed by atoms with Gasteiger partial charge < -0.3 is 36.4 Å². The molecule has 0 bridgehead atoms. The lowest BCUT2D eigenvalue weighted by Gasteiger charge is -2.19. The first-order chi connectivity index (χ1) is 19.5. The Morgan fingerprint density at radius 1 is 0.683 bits per heavy atom. The van der Waals surface area contributed by atoms with Gasteiger partial charge in [0, 0.05) is 48.0 Å². The molecule has 0 aromatic heterocycles. The number of nitrogens with zero attached hydrogens (tertiary/aromatic N) is 4. The number of hydrogen-bond acceptors (Lipinski definition) is 9. The largest absolute Gasteiger partial charge is 0.505 e. The Morgan fingerprint density at radius 3 is 1.68 bits per heavy atom. The van der Waals surface area contributed by atoms with Crippen LogP contribution in [0.3, 0.4) is 0 Å². The molecule has 4 aromatic rings. The zero-order chi connectivity index (χ0) is 30.3. The number of aliphatic imine (C=N–C) groups is 2. The molecule has 0 fully saturated rings. The molecule has 0 saturated heterocycles. The fraction of sp³-hybridized carbons (Fsp3) is 0.200. The van der Waals surface area contributed by atoms with Crippen molar-refractivity contribution in [2.45, 2.75) is 0 Å². The molecule has 11 heteroatoms. The molecule has 0 unspecified atom stereocenters. The van der Waals surface area contributed by atoms with Crippen LogP contribution in [-0.4, -0.2) is 74.0 Å². The second-order valence-electron chi connectivity index (χ2n) is 9.35. The number of amidine groups is 2. The molecule has 6 N–H and O–H groups in total. The molecule has 0 aliphatic rings. The van der Waals surface area contributed by atoms with Crippen LogP contribution in [0.5, 0.6) is 11.5 Å². The zero-order valence-electron chi connectivity index (χ0n) is 23.9. The molecule has 0 heterocycles. The third kappa shape index (κ3) is 6.64. The van der Waals surface area contributed by atoms with E-state index in [0.29, 0.717) is 39.9 Å². The van der Waals surface area contributed by atoms with Crippen LogP contribution in [0.25, 0.3) is 0 Å². The van der Waals surface area contributed by atoms with Gasteiger partial charge in [-0.15, -0.1) is 0 Å². The van der Waals surface area contributed by atoms with E-state index in [1.807, 2.05) is 51.3 Å². The topological polar surface area (TPSA) is 156 Å². The number of phenols is 2. The minimum Gasteiger partial charge on any atom is -0.505 e. The van der Waals surface area contributed by atoms with Gasteiger partial charge in [-0.2, -0.15) is 0 Å². The van der Waals surface area contributed by atoms with E-state index >= 15 is 0 Å². The van der Waals surface area contributed by atoms with E-state index in [2.05, 4.69) is 20.6 Å². The van der Waals surface area contributed by atoms with Crippen LogP contribution in [-0.2, 0) is 0 Å². The van der Waals surface area contributed by atoms with Crippen molar-refractivity contribution in [3.63, 3.8) is 0 Å². The van der Waals surface area contributed by atoms with Crippen LogP contribution in [0.1, 0.15) is 11.1 Å². The van der Waals surface area contributed by atoms with Gasteiger partial charge in [-0.1, -0.05) is 30.3 Å². The first-order valence-electron chi connectivity index (χ1n) is 12.6. The Labute approximate surface area is 238 Å². The number of nitrogens with two attached hydrogens (primary N) is 1. The SMILES string of the molecule is CN=C(c1cccc(N)c1O)N(C)C.CN=C(c1cccc(Nc2c(Nc3ccccc3)c(=O)c2=O)c1O)N(C)C. The van der Waals surface area contributed by atoms with Gasteiger partial charge in [-0.3, -0.25) is 19.6 Å². The number of phenolic OH excluding ortho intramolecular Hbond substituents is 2. The number of nitrogen functional groups attached to an aromatic ring is 1. The second-order valence-corrected chi connectivity index (χ2v) is 9.35. The van der Waals surface area contributed by atoms with E-state index in [1.165, 1.54) is 0 Å². The quantitative estimate of drug-likeness (QED) is 0.0789. The van der Waals surface area contributed by atoms with E-state index in [4.69, 9.17) is 5.73 Å². The second kappa shape index (κ2) is 13.2. The van der Waals surface area contributed by atoms with Gasteiger partial charge in [0.25, 0.3) is 10.9 Å². The number of aromatic hydroxyl groups is 2. The highest BCUT2D eigenvalue weighted by atomic mass is 16.3. The average Bonchev–Trinajstić information content (AvgIpc) is 2.95. The van der Waals surface area contributed by atoms with Crippen molar-refractivity contribution in [1.29, 1.82) is 0 Å². The maximum absolute atomic E-state index is 12.0. The van der Waals surface area contributed by atoms with Crippen molar-refractivity contribution in [3.05, 3.63) is 98.3 Å². The summed E-state index contributed by atoms with van der Waals surface area (Å²) in [7, 11) is 10.7. The Kier molecular flexibility index (Phi) is 9.70. The molecule has 0 saturated carbocycles. The highest BCUT2D eigenvalue weighted by Crippen LogP contribution is 2.33. The summed E-state index contributed by atoms with van der Waals surface area (Å²) in [4.78, 5) is 35.9. The standard InChI is InChI=1S/C20H20N4O3.C10H15N3O/c1-21-20(24(2)3)13-10-7-11-14(17(13)25)23-16-15(18(26)19(16)27)22-12-8-5-4-6-9-12;1-12-10(13(2)3)7-5-4-6-8(11)9(7)14/h4-11,22-23,25H,1-3H3;4-6,14H,11H2,1-3H3. The van der Waals surface area contributed by atoms with Crippen molar-refractivity contribution in [3.8, 4) is 11.5 Å². The molecule has 0 amide bonds. The number of anilines is 5. The fourth-order valence-electron chi connectivity index (χ4n) is 4.12. The van der Waals surface area contributed by atoms with Gasteiger partial charge in [0.05, 0.1) is 22.5 Å². The summed E-state index contributed by atoms with van der Waals surface area (Å²) in [6.07, 6.45) is 0. The van der Waals surface area contributed by atoms with Crippen molar-refractivity contribution in [2.75, 3.05) is 58.7 Å². The highest BCUT2D eigenvalue weighted by Gasteiger charge is 2.23. The Bertz CT molecular complexity index is 1640. The van der Waals surface area contributed by atoms with Crippen LogP contribution < -0.4 is 27.2 Å². The summed E-state index contributed by atoms with van der Waals surface area (Å²) in [6.45, 7) is 0. The van der Waals surface area contributed by atoms with Gasteiger partial charge in [0.15, 0.2) is 0 Å². The predicted molar refractivity (Wildman–Crippen MR) is 167 cm³/mol. The summed E-state index contributed by atoms with van der Waals surface area (Å²) >= 11 is 0. The van der Waals surface area contributed by atoms with Crippen molar-refractivity contribution >= 4 is 40.1 Å². The van der Waals surface area contributed by atoms with Gasteiger partial charge in [0.2, 0.25) is 0 Å². The number of benzene rings is 3. The molecule has 0 atom stereocenters. The van der Waals surface area contributed by atoms with Crippen LogP contribution in [0, 0.1) is 0 Å². The van der Waals surface area contributed by atoms with Crippen LogP contribution in [0.15, 0.2) is 86.3 Å². The first kappa shape index (κ1) is 30.2. The maximum Gasteiger partial charge on any atom is 0.253 e. The van der Waals surface area contributed by atoms with E-state index in [-0.39, 0.29) is 22.9 Å². The molecule has 0 aliphatic heterocycles. The minimum atomic E-state index is -0.629. The molecule has 4 aromatic carbocycles. The lowest BCUT2D eigenvalue weighted by atomic mass is 10.1. The van der Waals surface area contributed by atoms with Crippen molar-refractivity contribution in [1.82, 2.24) is 9.80 Å². The summed E-state index contributed by atoms with van der Waals surface area (Å²) in [5, 5.41) is 26.2. The maximum atomic E-state index is 12.0. The van der Waals surface area contributed by atoms with E-state index in [1.54, 1.807) is 67.5 Å². The molecular formula is C30H35N7O4. The van der Waals surface area contributed by atoms with Gasteiger partial charge in [-0.25, -0.2) is 0 Å². The number of rotatable bonds is 6. The summed E-state index contributed by atoms with van der Waals surface area (Å²) in [6, 6.07) is 19.4. The van der Waals surface area contributed by atoms with Crippen LogP contribution in [0.2, 0.25) is 0 Å². The molecule has 11 nitrogen and oxygen atoms in total. The Hall–Kier alpha value is -5.32. The molecule has 41 heavy (non-hydrogen) atoms. The molecule has 0 radical (unpaired) electrons. The van der Waals surface area contributed by atoms with E-state index < -0.39 is 10.9 Å². The lowest BCUT2D eigenvalue weighted by molar-refractivity contribution is 0.474. The number of nitrogens with one attached hydrogen (secondary N) is 2. The number of hydrogen-bond donors (Lipinski definition) is 5. The Balaban J connectivity index is 0.000000278. The first-order valence-corrected chi connectivity index (χ1v) is 12.6. The summed E-state index contributed by atoms with van der Waals surface area (Å²) in [5.41, 5.74) is 7.21. The predicted octanol–water partition coefficient (Wildman–Crippen LogP) is 3.33. The summed E-state index contributed by atoms with van der Waals surface area (Å²) < 4.78 is 0. The third-order valence-corrected chi connectivity index (χ3v) is 6.07. The van der Waals surface area contributed by atoms with Crippen LogP contribution in [0.4, 0.5) is 28.4 Å². The van der Waals surface area contributed by atoms with Crippen molar-refractivity contribution < 1.29 is 10.2 Å². The van der Waals surface area contributed by atoms with Crippen molar-refractivity contribution in [2.24, 2.45) is 9.98 Å². The summed E-state index contributed by atoms with van der Waals surface area (Å²) in [5.74, 6) is 1.32. The van der Waals surface area contributed by atoms with E-state index in [0.717, 1.165) is 0 Å². The van der Waals surface area contributed by atoms with Crippen LogP contribution >= 0.6 is 0 Å². The lowest BCUT2D eigenvalue weighted by Crippen LogP contribution is -2.35. The average molecular weight is 558 g/mol. The molecule has 214 valence electrons. The van der Waals surface area contributed by atoms with Gasteiger partial charge in [-0.05, 0) is 36.4 Å². The molecule has 0 spiro atoms. The fourth-order valence-corrected chi connectivity index (χ4v) is 4.12. The van der Waals surface area contributed by atoms with Gasteiger partial charge in [0.1, 0.15) is 34.5 Å². The molecular weight excluding hydrogens is 522 g/mol. The third-order valence-electron chi connectivity index (χ3n) is 6.07. The minimum absolute atomic E-state index is 0.0505. The molecule has 0 aliphatic carbocycles. The molecule has 4 rings (SSSR count). The number of para-hydroxylation sites is 3. The monoisotopic (exact) mass is 557 g/mol. The van der Waals surface area contributed by atoms with Gasteiger partial charge >= 0.3 is 0 Å². The normalized spacial score (nSPS) is 11.5. The zero-order valence-corrected chi connectivity index (χ0v) is 23.9. The smallest absolute Gasteiger partial charge is 0.253 e. The highest BCUT2D eigenvalue weighted by molar-refractivity contribution is 6.03. The Morgan fingerprint density at radius 2 is 1.17 bits per heavy atom. The van der Waals surface area contributed by atoms with E-state index in [9.17, 15) is 19.8 Å².